The molecule has 0 radical (unpaired) electrons. The Balaban J connectivity index is 1.68. The molecule has 7 heteroatoms. The van der Waals surface area contributed by atoms with E-state index < -0.39 is 0 Å². The molecule has 27 heavy (non-hydrogen) atoms. The van der Waals surface area contributed by atoms with E-state index in [9.17, 15) is 14.4 Å². The Morgan fingerprint density at radius 2 is 1.67 bits per heavy atom. The van der Waals surface area contributed by atoms with Crippen LogP contribution in [0.15, 0.2) is 36.5 Å². The van der Waals surface area contributed by atoms with E-state index in [4.69, 9.17) is 0 Å². The fourth-order valence-electron chi connectivity index (χ4n) is 3.39. The van der Waals surface area contributed by atoms with Crippen molar-refractivity contribution >= 4 is 34.3 Å². The molecule has 7 nitrogen and oxygen atoms in total. The Morgan fingerprint density at radius 1 is 1.00 bits per heavy atom. The molecule has 2 heterocycles. The highest BCUT2D eigenvalue weighted by molar-refractivity contribution is 6.01. The maximum atomic E-state index is 12.6. The first kappa shape index (κ1) is 18.8. The number of pyridine rings is 1. The molecule has 0 spiro atoms. The zero-order valence-corrected chi connectivity index (χ0v) is 15.7. The maximum absolute atomic E-state index is 12.6. The van der Waals surface area contributed by atoms with Crippen molar-refractivity contribution in [2.45, 2.75) is 20.3 Å². The summed E-state index contributed by atoms with van der Waals surface area (Å²) in [7, 11) is 0. The van der Waals surface area contributed by atoms with Gasteiger partial charge in [0.1, 0.15) is 0 Å². The van der Waals surface area contributed by atoms with Crippen molar-refractivity contribution in [2.75, 3.05) is 37.6 Å². The predicted molar refractivity (Wildman–Crippen MR) is 103 cm³/mol. The highest BCUT2D eigenvalue weighted by Crippen LogP contribution is 2.25. The zero-order chi connectivity index (χ0) is 19.4. The fourth-order valence-corrected chi connectivity index (χ4v) is 3.39. The zero-order valence-electron chi connectivity index (χ0n) is 15.7. The van der Waals surface area contributed by atoms with E-state index in [-0.39, 0.29) is 24.1 Å². The lowest BCUT2D eigenvalue weighted by Crippen LogP contribution is -2.50. The first-order valence-corrected chi connectivity index (χ1v) is 9.12. The summed E-state index contributed by atoms with van der Waals surface area (Å²) >= 11 is 0. The summed E-state index contributed by atoms with van der Waals surface area (Å²) in [6.45, 7) is 5.53. The molecule has 142 valence electrons. The number of benzene rings is 1. The summed E-state index contributed by atoms with van der Waals surface area (Å²) in [5.41, 5.74) is 1.47. The van der Waals surface area contributed by atoms with E-state index in [1.807, 2.05) is 30.3 Å². The van der Waals surface area contributed by atoms with E-state index >= 15 is 0 Å². The molecule has 0 N–H and O–H groups in total. The van der Waals surface area contributed by atoms with Gasteiger partial charge in [-0.3, -0.25) is 19.4 Å². The molecule has 0 atom stereocenters. The van der Waals surface area contributed by atoms with Crippen molar-refractivity contribution in [1.82, 2.24) is 14.8 Å². The second-order valence-corrected chi connectivity index (χ2v) is 6.66. The molecular weight excluding hydrogens is 344 g/mol. The topological polar surface area (TPSA) is 73.8 Å². The number of piperazine rings is 1. The van der Waals surface area contributed by atoms with Gasteiger partial charge in [-0.25, -0.2) is 0 Å². The number of carbonyl (C=O) groups is 3. The van der Waals surface area contributed by atoms with Crippen LogP contribution in [0.5, 0.6) is 0 Å². The van der Waals surface area contributed by atoms with Crippen LogP contribution in [0.2, 0.25) is 0 Å². The van der Waals surface area contributed by atoms with Gasteiger partial charge in [-0.05, 0) is 12.1 Å². The van der Waals surface area contributed by atoms with E-state index in [1.54, 1.807) is 27.8 Å². The highest BCUT2D eigenvalue weighted by Gasteiger charge is 2.23. The number of aromatic nitrogens is 1. The van der Waals surface area contributed by atoms with Gasteiger partial charge < -0.3 is 14.7 Å². The van der Waals surface area contributed by atoms with Gasteiger partial charge in [-0.15, -0.1) is 0 Å². The first-order chi connectivity index (χ1) is 13.0. The average molecular weight is 368 g/mol. The minimum Gasteiger partial charge on any atom is -0.339 e. The van der Waals surface area contributed by atoms with Gasteiger partial charge in [0, 0.05) is 64.6 Å². The van der Waals surface area contributed by atoms with Gasteiger partial charge in [0.2, 0.25) is 17.7 Å². The van der Waals surface area contributed by atoms with Crippen LogP contribution in [0.25, 0.3) is 10.9 Å². The standard InChI is InChI=1S/C20H24N4O3/c1-15(25)22-11-13-23(14-12-22)19(27)8-10-24(16(2)26)18-7-3-5-17-6-4-9-21-20(17)18/h3-7,9H,8,10-14H2,1-2H3. The summed E-state index contributed by atoms with van der Waals surface area (Å²) in [6.07, 6.45) is 1.94. The lowest BCUT2D eigenvalue weighted by atomic mass is 10.1. The number of hydrogen-bond acceptors (Lipinski definition) is 4. The molecule has 0 saturated carbocycles. The predicted octanol–water partition coefficient (Wildman–Crippen LogP) is 1.67. The number of carbonyl (C=O) groups excluding carboxylic acids is 3. The lowest BCUT2D eigenvalue weighted by molar-refractivity contribution is -0.138. The Hall–Kier alpha value is -2.96. The molecule has 0 aliphatic carbocycles. The van der Waals surface area contributed by atoms with E-state index in [0.29, 0.717) is 32.7 Å². The monoisotopic (exact) mass is 368 g/mol. The summed E-state index contributed by atoms with van der Waals surface area (Å²) in [6, 6.07) is 9.49. The van der Waals surface area contributed by atoms with E-state index in [2.05, 4.69) is 4.98 Å². The van der Waals surface area contributed by atoms with Crippen LogP contribution >= 0.6 is 0 Å². The Morgan fingerprint density at radius 3 is 2.33 bits per heavy atom. The molecule has 3 rings (SSSR count). The quantitative estimate of drug-likeness (QED) is 0.823. The highest BCUT2D eigenvalue weighted by atomic mass is 16.2. The van der Waals surface area contributed by atoms with Crippen molar-refractivity contribution in [2.24, 2.45) is 0 Å². The second kappa shape index (κ2) is 8.16. The van der Waals surface area contributed by atoms with Crippen LogP contribution in [0, 0.1) is 0 Å². The Kier molecular flexibility index (Phi) is 5.69. The second-order valence-electron chi connectivity index (χ2n) is 6.66. The number of anilines is 1. The summed E-state index contributed by atoms with van der Waals surface area (Å²) in [4.78, 5) is 45.7. The molecule has 0 bridgehead atoms. The van der Waals surface area contributed by atoms with Gasteiger partial charge in [0.05, 0.1) is 11.2 Å². The normalized spacial score (nSPS) is 14.3. The number of fused-ring (bicyclic) bond motifs is 1. The van der Waals surface area contributed by atoms with Crippen molar-refractivity contribution in [3.05, 3.63) is 36.5 Å². The van der Waals surface area contributed by atoms with E-state index in [0.717, 1.165) is 16.6 Å². The van der Waals surface area contributed by atoms with Gasteiger partial charge >= 0.3 is 0 Å². The third-order valence-electron chi connectivity index (χ3n) is 4.91. The molecule has 1 saturated heterocycles. The third-order valence-corrected chi connectivity index (χ3v) is 4.91. The first-order valence-electron chi connectivity index (χ1n) is 9.12. The van der Waals surface area contributed by atoms with Crippen LogP contribution in [-0.4, -0.2) is 65.2 Å². The van der Waals surface area contributed by atoms with Crippen LogP contribution in [0.3, 0.4) is 0 Å². The molecule has 1 aliphatic heterocycles. The van der Waals surface area contributed by atoms with Crippen LogP contribution < -0.4 is 4.90 Å². The molecular formula is C20H24N4O3. The average Bonchev–Trinajstić information content (AvgIpc) is 2.68. The number of nitrogens with zero attached hydrogens (tertiary/aromatic N) is 4. The van der Waals surface area contributed by atoms with Crippen LogP contribution in [0.4, 0.5) is 5.69 Å². The van der Waals surface area contributed by atoms with E-state index in [1.165, 1.54) is 6.92 Å². The number of amides is 3. The van der Waals surface area contributed by atoms with Crippen molar-refractivity contribution in [3.63, 3.8) is 0 Å². The van der Waals surface area contributed by atoms with Crippen LogP contribution in [0.1, 0.15) is 20.3 Å². The van der Waals surface area contributed by atoms with Gasteiger partial charge in [0.25, 0.3) is 0 Å². The van der Waals surface area contributed by atoms with Gasteiger partial charge in [-0.1, -0.05) is 18.2 Å². The number of rotatable bonds is 4. The van der Waals surface area contributed by atoms with Gasteiger partial charge in [-0.2, -0.15) is 0 Å². The Bertz CT molecular complexity index is 854. The summed E-state index contributed by atoms with van der Waals surface area (Å²) < 4.78 is 0. The molecule has 2 aromatic rings. The smallest absolute Gasteiger partial charge is 0.224 e. The molecule has 1 aromatic heterocycles. The molecule has 0 unspecified atom stereocenters. The maximum Gasteiger partial charge on any atom is 0.224 e. The molecule has 3 amide bonds. The van der Waals surface area contributed by atoms with Crippen LogP contribution in [-0.2, 0) is 14.4 Å². The van der Waals surface area contributed by atoms with Crippen molar-refractivity contribution < 1.29 is 14.4 Å². The summed E-state index contributed by atoms with van der Waals surface area (Å²) in [5.74, 6) is -0.0895. The largest absolute Gasteiger partial charge is 0.339 e. The fraction of sp³-hybridized carbons (Fsp3) is 0.400. The third kappa shape index (κ3) is 4.24. The molecule has 1 aliphatic rings. The molecule has 1 fully saturated rings. The Labute approximate surface area is 158 Å². The SMILES string of the molecule is CC(=O)N1CCN(C(=O)CCN(C(C)=O)c2cccc3cccnc23)CC1. The minimum absolute atomic E-state index is 0.00218. The van der Waals surface area contributed by atoms with Gasteiger partial charge in [0.15, 0.2) is 0 Å². The van der Waals surface area contributed by atoms with Crippen molar-refractivity contribution in [1.29, 1.82) is 0 Å². The number of hydrogen-bond donors (Lipinski definition) is 0. The molecule has 1 aromatic carbocycles. The number of para-hydroxylation sites is 1. The lowest BCUT2D eigenvalue weighted by Gasteiger charge is -2.34. The van der Waals surface area contributed by atoms with Crippen molar-refractivity contribution in [3.8, 4) is 0 Å². The summed E-state index contributed by atoms with van der Waals surface area (Å²) in [5, 5.41) is 0.952. The minimum atomic E-state index is -0.123.